The summed E-state index contributed by atoms with van der Waals surface area (Å²) in [5.74, 6) is -0.702. The molecule has 0 aromatic heterocycles. The van der Waals surface area contributed by atoms with Crippen molar-refractivity contribution < 1.29 is 9.53 Å². The van der Waals surface area contributed by atoms with Crippen LogP contribution >= 0.6 is 23.2 Å². The lowest BCUT2D eigenvalue weighted by Crippen LogP contribution is -2.11. The molecule has 0 fully saturated rings. The second-order valence-electron chi connectivity index (χ2n) is 2.97. The summed E-state index contributed by atoms with van der Waals surface area (Å²) in [5.41, 5.74) is 4.19. The third-order valence-corrected chi connectivity index (χ3v) is 2.45. The molecule has 1 aromatic carbocycles. The minimum absolute atomic E-state index is 0.279. The number of carbonyl (C=O) groups is 1. The molecule has 0 radical (unpaired) electrons. The first-order valence-corrected chi connectivity index (χ1v) is 5.14. The summed E-state index contributed by atoms with van der Waals surface area (Å²) in [6, 6.07) is 5.28. The molecule has 0 heterocycles. The quantitative estimate of drug-likeness (QED) is 0.517. The maximum atomic E-state index is 10.9. The fourth-order valence-electron chi connectivity index (χ4n) is 0.906. The number of hydrogen-bond donors (Lipinski definition) is 1. The van der Waals surface area contributed by atoms with Gasteiger partial charge in [-0.05, 0) is 24.6 Å². The molecule has 1 rings (SSSR count). The van der Waals surface area contributed by atoms with Gasteiger partial charge in [0.1, 0.15) is 0 Å². The average Bonchev–Trinajstić information content (AvgIpc) is 2.29. The van der Waals surface area contributed by atoms with E-state index in [0.717, 1.165) is 5.56 Å². The Morgan fingerprint density at radius 1 is 1.50 bits per heavy atom. The molecule has 6 heteroatoms. The van der Waals surface area contributed by atoms with Crippen molar-refractivity contribution in [3.63, 3.8) is 0 Å². The Balaban J connectivity index is 2.74. The van der Waals surface area contributed by atoms with Crippen LogP contribution in [-0.2, 0) is 9.53 Å². The Kier molecular flexibility index (Phi) is 4.58. The highest BCUT2D eigenvalue weighted by Gasteiger charge is 2.07. The normalized spacial score (nSPS) is 11.1. The van der Waals surface area contributed by atoms with Crippen LogP contribution in [-0.4, -0.2) is 18.2 Å². The summed E-state index contributed by atoms with van der Waals surface area (Å²) >= 11 is 11.4. The summed E-state index contributed by atoms with van der Waals surface area (Å²) in [7, 11) is 1.23. The van der Waals surface area contributed by atoms with Crippen LogP contribution in [0.25, 0.3) is 0 Å². The van der Waals surface area contributed by atoms with Gasteiger partial charge in [-0.2, -0.15) is 5.10 Å². The molecule has 16 heavy (non-hydrogen) atoms. The number of nitrogens with one attached hydrogen (secondary N) is 1. The molecule has 0 bridgehead atoms. The molecule has 1 aromatic rings. The van der Waals surface area contributed by atoms with Crippen LogP contribution in [0.2, 0.25) is 5.02 Å². The lowest BCUT2D eigenvalue weighted by molar-refractivity contribution is -0.132. The fraction of sp³-hybridized carbons (Fsp3) is 0.200. The van der Waals surface area contributed by atoms with Gasteiger partial charge >= 0.3 is 5.97 Å². The van der Waals surface area contributed by atoms with Gasteiger partial charge in [0.15, 0.2) is 0 Å². The van der Waals surface area contributed by atoms with Gasteiger partial charge in [0, 0.05) is 5.02 Å². The average molecular weight is 261 g/mol. The van der Waals surface area contributed by atoms with Crippen LogP contribution in [0, 0.1) is 6.92 Å². The van der Waals surface area contributed by atoms with E-state index in [0.29, 0.717) is 10.7 Å². The van der Waals surface area contributed by atoms with Gasteiger partial charge in [0.2, 0.25) is 5.17 Å². The molecule has 4 nitrogen and oxygen atoms in total. The number of nitrogens with zero attached hydrogens (tertiary/aromatic N) is 1. The number of hydrogen-bond acceptors (Lipinski definition) is 4. The van der Waals surface area contributed by atoms with Gasteiger partial charge < -0.3 is 4.74 Å². The molecule has 0 atom stereocenters. The molecule has 0 spiro atoms. The molecular weight excluding hydrogens is 251 g/mol. The zero-order chi connectivity index (χ0) is 12.1. The fourth-order valence-corrected chi connectivity index (χ4v) is 1.21. The number of aryl methyl sites for hydroxylation is 1. The standard InChI is InChI=1S/C10H10Cl2N2O2/c1-6-3-4-7(5-8(6)11)13-14-9(12)10(15)16-2/h3-5,13H,1-2H3. The van der Waals surface area contributed by atoms with E-state index < -0.39 is 5.97 Å². The van der Waals surface area contributed by atoms with Crippen molar-refractivity contribution >= 4 is 40.0 Å². The van der Waals surface area contributed by atoms with Gasteiger partial charge in [-0.3, -0.25) is 5.43 Å². The SMILES string of the molecule is COC(=O)C(Cl)=NNc1ccc(C)c(Cl)c1. The third-order valence-electron chi connectivity index (χ3n) is 1.81. The summed E-state index contributed by atoms with van der Waals surface area (Å²) in [4.78, 5) is 10.9. The van der Waals surface area contributed by atoms with Crippen molar-refractivity contribution in [2.24, 2.45) is 5.10 Å². The topological polar surface area (TPSA) is 50.7 Å². The Labute approximate surface area is 103 Å². The smallest absolute Gasteiger partial charge is 0.370 e. The largest absolute Gasteiger partial charge is 0.464 e. The van der Waals surface area contributed by atoms with Crippen LogP contribution in [0.1, 0.15) is 5.56 Å². The number of rotatable bonds is 3. The lowest BCUT2D eigenvalue weighted by Gasteiger charge is -2.03. The van der Waals surface area contributed by atoms with Crippen LogP contribution in [0.3, 0.4) is 0 Å². The summed E-state index contributed by atoms with van der Waals surface area (Å²) in [5, 5.41) is 3.96. The van der Waals surface area contributed by atoms with Crippen molar-refractivity contribution in [1.82, 2.24) is 0 Å². The molecule has 0 saturated carbocycles. The van der Waals surface area contributed by atoms with Gasteiger partial charge in [-0.1, -0.05) is 29.3 Å². The molecule has 0 saturated heterocycles. The summed E-state index contributed by atoms with van der Waals surface area (Å²) in [6.45, 7) is 1.89. The molecule has 0 aliphatic carbocycles. The van der Waals surface area contributed by atoms with Crippen LogP contribution in [0.4, 0.5) is 5.69 Å². The van der Waals surface area contributed by atoms with Crippen LogP contribution in [0.5, 0.6) is 0 Å². The minimum atomic E-state index is -0.702. The van der Waals surface area contributed by atoms with Crippen LogP contribution < -0.4 is 5.43 Å². The van der Waals surface area contributed by atoms with Crippen molar-refractivity contribution in [1.29, 1.82) is 0 Å². The maximum absolute atomic E-state index is 10.9. The molecule has 0 unspecified atom stereocenters. The van der Waals surface area contributed by atoms with Gasteiger partial charge in [-0.15, -0.1) is 0 Å². The van der Waals surface area contributed by atoms with E-state index in [1.54, 1.807) is 12.1 Å². The summed E-state index contributed by atoms with van der Waals surface area (Å²) < 4.78 is 4.38. The van der Waals surface area contributed by atoms with Crippen molar-refractivity contribution in [3.05, 3.63) is 28.8 Å². The molecule has 0 aliphatic rings. The van der Waals surface area contributed by atoms with Crippen molar-refractivity contribution in [3.8, 4) is 0 Å². The van der Waals surface area contributed by atoms with E-state index in [9.17, 15) is 4.79 Å². The highest BCUT2D eigenvalue weighted by atomic mass is 35.5. The lowest BCUT2D eigenvalue weighted by atomic mass is 10.2. The molecule has 0 aliphatic heterocycles. The first-order chi connectivity index (χ1) is 7.54. The molecule has 1 N–H and O–H groups in total. The first-order valence-electron chi connectivity index (χ1n) is 4.38. The van der Waals surface area contributed by atoms with Gasteiger partial charge in [0.05, 0.1) is 12.8 Å². The van der Waals surface area contributed by atoms with Gasteiger partial charge in [0.25, 0.3) is 0 Å². The predicted molar refractivity (Wildman–Crippen MR) is 65.1 cm³/mol. The highest BCUT2D eigenvalue weighted by molar-refractivity contribution is 6.82. The zero-order valence-electron chi connectivity index (χ0n) is 8.75. The molecule has 86 valence electrons. The first kappa shape index (κ1) is 12.8. The van der Waals surface area contributed by atoms with E-state index >= 15 is 0 Å². The van der Waals surface area contributed by atoms with E-state index in [1.807, 2.05) is 13.0 Å². The second kappa shape index (κ2) is 5.72. The van der Waals surface area contributed by atoms with Crippen LogP contribution in [0.15, 0.2) is 23.3 Å². The van der Waals surface area contributed by atoms with E-state index in [2.05, 4.69) is 15.3 Å². The third kappa shape index (κ3) is 3.40. The Morgan fingerprint density at radius 2 is 2.19 bits per heavy atom. The zero-order valence-corrected chi connectivity index (χ0v) is 10.3. The second-order valence-corrected chi connectivity index (χ2v) is 3.74. The highest BCUT2D eigenvalue weighted by Crippen LogP contribution is 2.19. The van der Waals surface area contributed by atoms with Crippen molar-refractivity contribution in [2.45, 2.75) is 6.92 Å². The number of halogens is 2. The monoisotopic (exact) mass is 260 g/mol. The predicted octanol–water partition coefficient (Wildman–Crippen LogP) is 2.79. The molecule has 0 amide bonds. The number of ether oxygens (including phenoxy) is 1. The van der Waals surface area contributed by atoms with Crippen molar-refractivity contribution in [2.75, 3.05) is 12.5 Å². The molecular formula is C10H10Cl2N2O2. The Bertz CT molecular complexity index is 433. The Hall–Kier alpha value is -1.26. The number of methoxy groups -OCH3 is 1. The Morgan fingerprint density at radius 3 is 2.75 bits per heavy atom. The number of anilines is 1. The number of benzene rings is 1. The number of hydrazone groups is 1. The minimum Gasteiger partial charge on any atom is -0.464 e. The van der Waals surface area contributed by atoms with Gasteiger partial charge in [-0.25, -0.2) is 4.79 Å². The van der Waals surface area contributed by atoms with E-state index in [-0.39, 0.29) is 5.17 Å². The van der Waals surface area contributed by atoms with E-state index in [1.165, 1.54) is 7.11 Å². The maximum Gasteiger partial charge on any atom is 0.370 e. The summed E-state index contributed by atoms with van der Waals surface area (Å²) in [6.07, 6.45) is 0. The number of carbonyl (C=O) groups excluding carboxylic acids is 1. The number of esters is 1. The van der Waals surface area contributed by atoms with E-state index in [4.69, 9.17) is 23.2 Å².